The number of aryl methyl sites for hydroxylation is 1. The van der Waals surface area contributed by atoms with E-state index in [2.05, 4.69) is 24.1 Å². The lowest BCUT2D eigenvalue weighted by Crippen LogP contribution is -2.20. The van der Waals surface area contributed by atoms with Gasteiger partial charge in [-0.1, -0.05) is 13.8 Å². The van der Waals surface area contributed by atoms with E-state index in [1.807, 2.05) is 19.1 Å². The predicted molar refractivity (Wildman–Crippen MR) is 85.3 cm³/mol. The van der Waals surface area contributed by atoms with E-state index in [1.54, 1.807) is 0 Å². The molecule has 0 aromatic carbocycles. The zero-order valence-corrected chi connectivity index (χ0v) is 14.2. The molecule has 0 amide bonds. The van der Waals surface area contributed by atoms with Crippen molar-refractivity contribution in [3.8, 4) is 5.75 Å². The Balaban J connectivity index is 2.55. The van der Waals surface area contributed by atoms with Crippen molar-refractivity contribution in [3.05, 3.63) is 23.5 Å². The molecule has 0 bridgehead atoms. The summed E-state index contributed by atoms with van der Waals surface area (Å²) in [5.41, 5.74) is 1.81. The summed E-state index contributed by atoms with van der Waals surface area (Å²) in [4.78, 5) is 4.49. The summed E-state index contributed by atoms with van der Waals surface area (Å²) < 4.78 is 27.8. The number of nitrogens with zero attached hydrogens (tertiary/aromatic N) is 1. The summed E-state index contributed by atoms with van der Waals surface area (Å²) in [7, 11) is -2.93. The van der Waals surface area contributed by atoms with E-state index < -0.39 is 9.84 Å². The van der Waals surface area contributed by atoms with Gasteiger partial charge < -0.3 is 10.1 Å². The Morgan fingerprint density at radius 1 is 1.33 bits per heavy atom. The molecule has 0 aliphatic heterocycles. The molecule has 21 heavy (non-hydrogen) atoms. The predicted octanol–water partition coefficient (Wildman–Crippen LogP) is 1.95. The fourth-order valence-electron chi connectivity index (χ4n) is 1.84. The molecule has 1 heterocycles. The Bertz CT molecular complexity index is 542. The highest BCUT2D eigenvalue weighted by Crippen LogP contribution is 2.17. The molecule has 1 rings (SSSR count). The maximum atomic E-state index is 11.1. The van der Waals surface area contributed by atoms with Crippen molar-refractivity contribution < 1.29 is 13.2 Å². The molecule has 120 valence electrons. The van der Waals surface area contributed by atoms with E-state index in [1.165, 1.54) is 6.26 Å². The molecule has 0 aliphatic rings. The van der Waals surface area contributed by atoms with Crippen molar-refractivity contribution in [3.63, 3.8) is 0 Å². The summed E-state index contributed by atoms with van der Waals surface area (Å²) >= 11 is 0. The number of rotatable bonds is 9. The Kier molecular flexibility index (Phi) is 7.11. The Morgan fingerprint density at radius 3 is 2.67 bits per heavy atom. The summed E-state index contributed by atoms with van der Waals surface area (Å²) in [6.07, 6.45) is 1.73. The average Bonchev–Trinajstić information content (AvgIpc) is 2.35. The van der Waals surface area contributed by atoms with Crippen LogP contribution in [0.25, 0.3) is 0 Å². The molecule has 1 aromatic rings. The number of aromatic nitrogens is 1. The maximum Gasteiger partial charge on any atom is 0.147 e. The summed E-state index contributed by atoms with van der Waals surface area (Å²) in [6, 6.07) is 3.80. The van der Waals surface area contributed by atoms with Gasteiger partial charge in [-0.3, -0.25) is 4.98 Å². The second kappa shape index (κ2) is 8.34. The first-order valence-corrected chi connectivity index (χ1v) is 9.32. The van der Waals surface area contributed by atoms with Crippen molar-refractivity contribution in [2.45, 2.75) is 33.7 Å². The van der Waals surface area contributed by atoms with Gasteiger partial charge in [0.2, 0.25) is 0 Å². The number of pyridine rings is 1. The maximum absolute atomic E-state index is 11.1. The topological polar surface area (TPSA) is 68.3 Å². The van der Waals surface area contributed by atoms with Crippen LogP contribution in [0.4, 0.5) is 0 Å². The number of hydrogen-bond donors (Lipinski definition) is 1. The lowest BCUT2D eigenvalue weighted by atomic mass is 10.2. The smallest absolute Gasteiger partial charge is 0.147 e. The van der Waals surface area contributed by atoms with E-state index in [-0.39, 0.29) is 5.75 Å². The molecule has 0 saturated heterocycles. The van der Waals surface area contributed by atoms with Gasteiger partial charge in [0.05, 0.1) is 18.1 Å². The largest absolute Gasteiger partial charge is 0.492 e. The molecule has 6 heteroatoms. The van der Waals surface area contributed by atoms with Crippen LogP contribution in [0.1, 0.15) is 31.7 Å². The number of nitrogens with one attached hydrogen (secondary N) is 1. The monoisotopic (exact) mass is 314 g/mol. The lowest BCUT2D eigenvalue weighted by Gasteiger charge is -2.13. The van der Waals surface area contributed by atoms with E-state index in [9.17, 15) is 8.42 Å². The summed E-state index contributed by atoms with van der Waals surface area (Å²) in [5, 5.41) is 3.35. The highest BCUT2D eigenvalue weighted by Gasteiger charge is 2.07. The Hall–Kier alpha value is -1.14. The van der Waals surface area contributed by atoms with Gasteiger partial charge in [0, 0.05) is 18.5 Å². The minimum absolute atomic E-state index is 0.146. The van der Waals surface area contributed by atoms with E-state index >= 15 is 0 Å². The average molecular weight is 314 g/mol. The minimum atomic E-state index is -2.93. The highest BCUT2D eigenvalue weighted by molar-refractivity contribution is 7.90. The quantitative estimate of drug-likeness (QED) is 0.706. The standard InChI is InChI=1S/C15H26N2O3S/c1-12(2)10-16-11-14-15(7-6-13(3)17-14)20-8-5-9-21(4,18)19/h6-7,12,16H,5,8-11H2,1-4H3. The minimum Gasteiger partial charge on any atom is -0.492 e. The van der Waals surface area contributed by atoms with Gasteiger partial charge in [0.25, 0.3) is 0 Å². The highest BCUT2D eigenvalue weighted by atomic mass is 32.2. The first-order valence-electron chi connectivity index (χ1n) is 7.25. The summed E-state index contributed by atoms with van der Waals surface area (Å²) in [5.74, 6) is 1.45. The molecule has 5 nitrogen and oxygen atoms in total. The first kappa shape index (κ1) is 17.9. The van der Waals surface area contributed by atoms with E-state index in [0.717, 1.165) is 23.7 Å². The molecule has 0 aliphatic carbocycles. The summed E-state index contributed by atoms with van der Waals surface area (Å²) in [6.45, 7) is 8.21. The zero-order chi connectivity index (χ0) is 15.9. The van der Waals surface area contributed by atoms with Crippen molar-refractivity contribution in [1.29, 1.82) is 0 Å². The van der Waals surface area contributed by atoms with E-state index in [4.69, 9.17) is 4.74 Å². The van der Waals surface area contributed by atoms with Crippen molar-refractivity contribution in [2.24, 2.45) is 5.92 Å². The molecule has 0 saturated carbocycles. The number of hydrogen-bond acceptors (Lipinski definition) is 5. The third kappa shape index (κ3) is 8.02. The number of ether oxygens (including phenoxy) is 1. The molecular weight excluding hydrogens is 288 g/mol. The molecule has 0 atom stereocenters. The molecular formula is C15H26N2O3S. The van der Waals surface area contributed by atoms with Crippen LogP contribution in [0, 0.1) is 12.8 Å². The Morgan fingerprint density at radius 2 is 2.05 bits per heavy atom. The second-order valence-electron chi connectivity index (χ2n) is 5.75. The van der Waals surface area contributed by atoms with Crippen LogP contribution in [0.5, 0.6) is 5.75 Å². The van der Waals surface area contributed by atoms with Crippen molar-refractivity contribution >= 4 is 9.84 Å². The van der Waals surface area contributed by atoms with Crippen LogP contribution in [0.15, 0.2) is 12.1 Å². The Labute approximate surface area is 128 Å². The first-order chi connectivity index (χ1) is 9.78. The fourth-order valence-corrected chi connectivity index (χ4v) is 2.48. The molecule has 1 aromatic heterocycles. The van der Waals surface area contributed by atoms with Gasteiger partial charge in [-0.05, 0) is 37.9 Å². The van der Waals surface area contributed by atoms with Gasteiger partial charge in [0.15, 0.2) is 0 Å². The van der Waals surface area contributed by atoms with Gasteiger partial charge in [-0.25, -0.2) is 8.42 Å². The van der Waals surface area contributed by atoms with Gasteiger partial charge in [0.1, 0.15) is 15.6 Å². The van der Waals surface area contributed by atoms with Gasteiger partial charge >= 0.3 is 0 Å². The van der Waals surface area contributed by atoms with Crippen LogP contribution >= 0.6 is 0 Å². The molecule has 0 unspecified atom stereocenters. The fraction of sp³-hybridized carbons (Fsp3) is 0.667. The van der Waals surface area contributed by atoms with Crippen molar-refractivity contribution in [1.82, 2.24) is 10.3 Å². The third-order valence-corrected chi connectivity index (χ3v) is 3.86. The van der Waals surface area contributed by atoms with Crippen LogP contribution in [0.2, 0.25) is 0 Å². The number of sulfone groups is 1. The third-order valence-electron chi connectivity index (χ3n) is 2.83. The zero-order valence-electron chi connectivity index (χ0n) is 13.3. The van der Waals surface area contributed by atoms with E-state index in [0.29, 0.717) is 25.5 Å². The van der Waals surface area contributed by atoms with Gasteiger partial charge in [-0.15, -0.1) is 0 Å². The molecule has 0 radical (unpaired) electrons. The molecule has 1 N–H and O–H groups in total. The van der Waals surface area contributed by atoms with Crippen LogP contribution in [-0.2, 0) is 16.4 Å². The molecule has 0 spiro atoms. The van der Waals surface area contributed by atoms with Crippen LogP contribution in [0.3, 0.4) is 0 Å². The lowest BCUT2D eigenvalue weighted by molar-refractivity contribution is 0.311. The SMILES string of the molecule is Cc1ccc(OCCCS(C)(=O)=O)c(CNCC(C)C)n1. The normalized spacial score (nSPS) is 11.9. The van der Waals surface area contributed by atoms with Crippen LogP contribution in [-0.4, -0.2) is 38.6 Å². The van der Waals surface area contributed by atoms with Crippen LogP contribution < -0.4 is 10.1 Å². The molecule has 0 fully saturated rings. The second-order valence-corrected chi connectivity index (χ2v) is 8.01. The van der Waals surface area contributed by atoms with Crippen molar-refractivity contribution in [2.75, 3.05) is 25.2 Å². The van der Waals surface area contributed by atoms with Gasteiger partial charge in [-0.2, -0.15) is 0 Å².